The molecule has 4 nitrogen and oxygen atoms in total. The van der Waals surface area contributed by atoms with Crippen LogP contribution in [-0.4, -0.2) is 57.7 Å². The first-order valence-corrected chi connectivity index (χ1v) is 4.50. The van der Waals surface area contributed by atoms with Gasteiger partial charge < -0.3 is 15.3 Å². The van der Waals surface area contributed by atoms with E-state index < -0.39 is 30.9 Å². The number of alkyl halides is 2. The first kappa shape index (κ1) is 11.8. The van der Waals surface area contributed by atoms with Crippen molar-refractivity contribution in [1.29, 1.82) is 0 Å². The van der Waals surface area contributed by atoms with Gasteiger partial charge in [0.25, 0.3) is 5.92 Å². The van der Waals surface area contributed by atoms with E-state index in [0.29, 0.717) is 0 Å². The standard InChI is InChI=1S/C8H15F2NO3/c1-5(12)7(14)11-3-2-6(13)8(9,10)4-11/h5-7,12-14H,2-4H2,1H3/t5-,6?,7?/m1/s1. The molecule has 3 atom stereocenters. The number of rotatable bonds is 2. The van der Waals surface area contributed by atoms with Gasteiger partial charge >= 0.3 is 0 Å². The van der Waals surface area contributed by atoms with Crippen LogP contribution in [0.15, 0.2) is 0 Å². The minimum Gasteiger partial charge on any atom is -0.389 e. The van der Waals surface area contributed by atoms with Crippen molar-refractivity contribution in [2.75, 3.05) is 13.1 Å². The number of nitrogens with zero attached hydrogens (tertiary/aromatic N) is 1. The van der Waals surface area contributed by atoms with Crippen LogP contribution in [0.4, 0.5) is 8.78 Å². The van der Waals surface area contributed by atoms with Crippen molar-refractivity contribution in [1.82, 2.24) is 4.90 Å². The minimum atomic E-state index is -3.21. The van der Waals surface area contributed by atoms with Gasteiger partial charge in [0.05, 0.1) is 12.6 Å². The third-order valence-electron chi connectivity index (χ3n) is 2.40. The zero-order chi connectivity index (χ0) is 10.9. The topological polar surface area (TPSA) is 63.9 Å². The molecule has 2 unspecified atom stereocenters. The van der Waals surface area contributed by atoms with Crippen LogP contribution in [0.25, 0.3) is 0 Å². The van der Waals surface area contributed by atoms with Gasteiger partial charge in [-0.05, 0) is 13.3 Å². The predicted molar refractivity (Wildman–Crippen MR) is 44.8 cm³/mol. The molecule has 0 aromatic rings. The highest BCUT2D eigenvalue weighted by Gasteiger charge is 2.45. The summed E-state index contributed by atoms with van der Waals surface area (Å²) in [5, 5.41) is 27.3. The van der Waals surface area contributed by atoms with Crippen molar-refractivity contribution >= 4 is 0 Å². The molecule has 14 heavy (non-hydrogen) atoms. The zero-order valence-electron chi connectivity index (χ0n) is 7.90. The normalized spacial score (nSPS) is 32.6. The summed E-state index contributed by atoms with van der Waals surface area (Å²) < 4.78 is 26.0. The van der Waals surface area contributed by atoms with Gasteiger partial charge in [0.1, 0.15) is 12.3 Å². The zero-order valence-corrected chi connectivity index (χ0v) is 7.90. The fourth-order valence-corrected chi connectivity index (χ4v) is 1.49. The van der Waals surface area contributed by atoms with E-state index in [1.165, 1.54) is 6.92 Å². The van der Waals surface area contributed by atoms with E-state index in [1.807, 2.05) is 0 Å². The van der Waals surface area contributed by atoms with E-state index in [0.717, 1.165) is 4.90 Å². The average molecular weight is 211 g/mol. The largest absolute Gasteiger partial charge is 0.389 e. The number of aliphatic hydroxyl groups is 3. The average Bonchev–Trinajstić information content (AvgIpc) is 2.08. The molecule has 1 heterocycles. The molecule has 3 N–H and O–H groups in total. The molecule has 84 valence electrons. The van der Waals surface area contributed by atoms with Crippen LogP contribution >= 0.6 is 0 Å². The number of hydrogen-bond donors (Lipinski definition) is 3. The lowest BCUT2D eigenvalue weighted by molar-refractivity contribution is -0.187. The highest BCUT2D eigenvalue weighted by molar-refractivity contribution is 4.87. The van der Waals surface area contributed by atoms with Gasteiger partial charge in [-0.1, -0.05) is 0 Å². The van der Waals surface area contributed by atoms with E-state index in [4.69, 9.17) is 10.2 Å². The Morgan fingerprint density at radius 2 is 2.00 bits per heavy atom. The predicted octanol–water partition coefficient (Wildman–Crippen LogP) is -0.613. The molecule has 0 amide bonds. The van der Waals surface area contributed by atoms with Crippen LogP contribution in [0.2, 0.25) is 0 Å². The van der Waals surface area contributed by atoms with E-state index in [1.54, 1.807) is 0 Å². The fourth-order valence-electron chi connectivity index (χ4n) is 1.49. The summed E-state index contributed by atoms with van der Waals surface area (Å²) in [6.07, 6.45) is -4.13. The summed E-state index contributed by atoms with van der Waals surface area (Å²) in [7, 11) is 0. The molecule has 1 aliphatic rings. The fraction of sp³-hybridized carbons (Fsp3) is 1.00. The van der Waals surface area contributed by atoms with Gasteiger partial charge in [0.2, 0.25) is 0 Å². The van der Waals surface area contributed by atoms with E-state index >= 15 is 0 Å². The first-order chi connectivity index (χ1) is 6.34. The Kier molecular flexibility index (Phi) is 3.41. The van der Waals surface area contributed by atoms with Gasteiger partial charge in [-0.2, -0.15) is 0 Å². The molecule has 0 spiro atoms. The lowest BCUT2D eigenvalue weighted by atomic mass is 10.0. The summed E-state index contributed by atoms with van der Waals surface area (Å²) in [6.45, 7) is 0.761. The Morgan fingerprint density at radius 1 is 1.43 bits per heavy atom. The molecule has 1 aliphatic heterocycles. The van der Waals surface area contributed by atoms with Gasteiger partial charge in [0.15, 0.2) is 0 Å². The molecular formula is C8H15F2NO3. The van der Waals surface area contributed by atoms with Crippen LogP contribution < -0.4 is 0 Å². The van der Waals surface area contributed by atoms with Gasteiger partial charge in [0, 0.05) is 6.54 Å². The third kappa shape index (κ3) is 2.38. The first-order valence-electron chi connectivity index (χ1n) is 4.50. The third-order valence-corrected chi connectivity index (χ3v) is 2.40. The minimum absolute atomic E-state index is 0.100. The van der Waals surface area contributed by atoms with Gasteiger partial charge in [-0.3, -0.25) is 4.90 Å². The Labute approximate surface area is 80.8 Å². The maximum atomic E-state index is 13.0. The number of halogens is 2. The molecule has 0 saturated carbocycles. The molecule has 6 heteroatoms. The number of aliphatic hydroxyl groups excluding tert-OH is 3. The number of hydrogen-bond acceptors (Lipinski definition) is 4. The second-order valence-electron chi connectivity index (χ2n) is 3.69. The Balaban J connectivity index is 2.59. The van der Waals surface area contributed by atoms with Crippen molar-refractivity contribution in [3.63, 3.8) is 0 Å². The molecule has 1 rings (SSSR count). The van der Waals surface area contributed by atoms with Crippen molar-refractivity contribution in [2.24, 2.45) is 0 Å². The molecule has 1 fully saturated rings. The second kappa shape index (κ2) is 4.06. The quantitative estimate of drug-likeness (QED) is 0.570. The second-order valence-corrected chi connectivity index (χ2v) is 3.69. The summed E-state index contributed by atoms with van der Waals surface area (Å²) >= 11 is 0. The summed E-state index contributed by atoms with van der Waals surface area (Å²) in [5.74, 6) is -3.21. The van der Waals surface area contributed by atoms with E-state index in [2.05, 4.69) is 0 Å². The van der Waals surface area contributed by atoms with Crippen LogP contribution in [0, 0.1) is 0 Å². The highest BCUT2D eigenvalue weighted by Crippen LogP contribution is 2.28. The van der Waals surface area contributed by atoms with E-state index in [9.17, 15) is 13.9 Å². The smallest absolute Gasteiger partial charge is 0.285 e. The van der Waals surface area contributed by atoms with Crippen molar-refractivity contribution in [3.8, 4) is 0 Å². The van der Waals surface area contributed by atoms with Crippen molar-refractivity contribution in [3.05, 3.63) is 0 Å². The molecule has 0 radical (unpaired) electrons. The van der Waals surface area contributed by atoms with Gasteiger partial charge in [-0.25, -0.2) is 8.78 Å². The molecule has 0 aromatic heterocycles. The monoisotopic (exact) mass is 211 g/mol. The number of piperidine rings is 1. The SMILES string of the molecule is C[C@@H](O)C(O)N1CCC(O)C(F)(F)C1. The van der Waals surface area contributed by atoms with Crippen molar-refractivity contribution < 1.29 is 24.1 Å². The molecule has 0 aromatic carbocycles. The van der Waals surface area contributed by atoms with Crippen molar-refractivity contribution in [2.45, 2.75) is 37.7 Å². The van der Waals surface area contributed by atoms with Crippen LogP contribution in [0.3, 0.4) is 0 Å². The highest BCUT2D eigenvalue weighted by atomic mass is 19.3. The summed E-state index contributed by atoms with van der Waals surface area (Å²) in [4.78, 5) is 1.07. The van der Waals surface area contributed by atoms with Crippen LogP contribution in [-0.2, 0) is 0 Å². The Bertz CT molecular complexity index is 201. The lowest BCUT2D eigenvalue weighted by Crippen LogP contribution is -2.56. The summed E-state index contributed by atoms with van der Waals surface area (Å²) in [5.41, 5.74) is 0. The summed E-state index contributed by atoms with van der Waals surface area (Å²) in [6, 6.07) is 0. The maximum Gasteiger partial charge on any atom is 0.285 e. The molecule has 0 aliphatic carbocycles. The van der Waals surface area contributed by atoms with Gasteiger partial charge in [-0.15, -0.1) is 0 Å². The lowest BCUT2D eigenvalue weighted by Gasteiger charge is -2.39. The molecular weight excluding hydrogens is 196 g/mol. The Hall–Kier alpha value is -0.300. The molecule has 0 bridgehead atoms. The van der Waals surface area contributed by atoms with Crippen LogP contribution in [0.5, 0.6) is 0 Å². The van der Waals surface area contributed by atoms with E-state index in [-0.39, 0.29) is 13.0 Å². The van der Waals surface area contributed by atoms with Crippen LogP contribution in [0.1, 0.15) is 13.3 Å². The molecule has 1 saturated heterocycles. The maximum absolute atomic E-state index is 13.0. The Morgan fingerprint density at radius 3 is 2.43 bits per heavy atom. The number of likely N-dealkylation sites (tertiary alicyclic amines) is 1.